The van der Waals surface area contributed by atoms with Crippen LogP contribution >= 0.6 is 11.8 Å². The van der Waals surface area contributed by atoms with Crippen molar-refractivity contribution >= 4 is 28.6 Å². The van der Waals surface area contributed by atoms with E-state index in [2.05, 4.69) is 22.7 Å². The maximum absolute atomic E-state index is 11.9. The molecule has 0 N–H and O–H groups in total. The zero-order valence-electron chi connectivity index (χ0n) is 16.9. The molecule has 0 unspecified atom stereocenters. The summed E-state index contributed by atoms with van der Waals surface area (Å²) >= 11 is 1.59. The van der Waals surface area contributed by atoms with Crippen molar-refractivity contribution in [2.75, 3.05) is 7.11 Å². The lowest BCUT2D eigenvalue weighted by Crippen LogP contribution is -2.00. The number of benzene rings is 2. The second kappa shape index (κ2) is 8.09. The van der Waals surface area contributed by atoms with E-state index in [1.165, 1.54) is 7.11 Å². The molecule has 0 saturated heterocycles. The summed E-state index contributed by atoms with van der Waals surface area (Å²) in [6.07, 6.45) is 3.83. The number of hydrogen-bond donors (Lipinski definition) is 0. The van der Waals surface area contributed by atoms with Crippen LogP contribution in [0.3, 0.4) is 0 Å². The molecule has 0 aliphatic carbocycles. The number of aromatic nitrogens is 3. The summed E-state index contributed by atoms with van der Waals surface area (Å²) in [7, 11) is 1.38. The highest BCUT2D eigenvalue weighted by Crippen LogP contribution is 2.40. The fourth-order valence-corrected chi connectivity index (χ4v) is 4.57. The van der Waals surface area contributed by atoms with Crippen LogP contribution in [0.5, 0.6) is 0 Å². The molecule has 0 aliphatic heterocycles. The Kier molecular flexibility index (Phi) is 5.34. The lowest BCUT2D eigenvalue weighted by molar-refractivity contribution is 0.0600. The first-order valence-corrected chi connectivity index (χ1v) is 10.3. The van der Waals surface area contributed by atoms with Gasteiger partial charge in [0.1, 0.15) is 0 Å². The molecule has 150 valence electrons. The molecule has 4 rings (SSSR count). The first-order valence-electron chi connectivity index (χ1n) is 9.50. The second-order valence-electron chi connectivity index (χ2n) is 6.77. The normalized spacial score (nSPS) is 10.9. The molecule has 0 aliphatic rings. The molecule has 7 heteroatoms. The van der Waals surface area contributed by atoms with Gasteiger partial charge in [-0.05, 0) is 44.2 Å². The van der Waals surface area contributed by atoms with Crippen molar-refractivity contribution in [2.24, 2.45) is 0 Å². The maximum atomic E-state index is 11.9. The SMILES string of the molecule is CCn1cc(-n2c(C)c(Sc3cccc(C(=O)OC)c3)c3ccc(C#N)cc32)cn1. The van der Waals surface area contributed by atoms with Gasteiger partial charge in [0.2, 0.25) is 0 Å². The van der Waals surface area contributed by atoms with Gasteiger partial charge in [0.05, 0.1) is 41.7 Å². The fraction of sp³-hybridized carbons (Fsp3) is 0.174. The smallest absolute Gasteiger partial charge is 0.337 e. The van der Waals surface area contributed by atoms with Crippen LogP contribution < -0.4 is 0 Å². The number of hydrogen-bond acceptors (Lipinski definition) is 5. The number of nitrogens with zero attached hydrogens (tertiary/aromatic N) is 4. The number of rotatable bonds is 5. The van der Waals surface area contributed by atoms with E-state index < -0.39 is 0 Å². The largest absolute Gasteiger partial charge is 0.465 e. The molecule has 2 heterocycles. The van der Waals surface area contributed by atoms with Crippen LogP contribution in [0.1, 0.15) is 28.5 Å². The average molecular weight is 417 g/mol. The highest BCUT2D eigenvalue weighted by Gasteiger charge is 2.18. The highest BCUT2D eigenvalue weighted by atomic mass is 32.2. The zero-order valence-corrected chi connectivity index (χ0v) is 17.7. The number of aryl methyl sites for hydroxylation is 1. The van der Waals surface area contributed by atoms with Gasteiger partial charge in [-0.15, -0.1) is 0 Å². The standard InChI is InChI=1S/C23H20N4O2S/c1-4-26-14-18(13-25-26)27-15(2)22(20-9-8-16(12-24)10-21(20)27)30-19-7-5-6-17(11-19)23(28)29-3/h5-11,13-14H,4H2,1-3H3. The average Bonchev–Trinajstić information content (AvgIpc) is 3.35. The van der Waals surface area contributed by atoms with E-state index >= 15 is 0 Å². The third-order valence-electron chi connectivity index (χ3n) is 4.95. The van der Waals surface area contributed by atoms with Gasteiger partial charge < -0.3 is 9.30 Å². The Hall–Kier alpha value is -3.50. The predicted octanol–water partition coefficient (Wildman–Crippen LogP) is 4.96. The van der Waals surface area contributed by atoms with Crippen molar-refractivity contribution in [1.29, 1.82) is 5.26 Å². The molecular weight excluding hydrogens is 396 g/mol. The highest BCUT2D eigenvalue weighted by molar-refractivity contribution is 7.99. The Labute approximate surface area is 178 Å². The summed E-state index contributed by atoms with van der Waals surface area (Å²) < 4.78 is 8.85. The summed E-state index contributed by atoms with van der Waals surface area (Å²) in [5.41, 5.74) is 4.07. The van der Waals surface area contributed by atoms with Gasteiger partial charge in [0.15, 0.2) is 0 Å². The molecule has 0 radical (unpaired) electrons. The van der Waals surface area contributed by atoms with E-state index in [0.717, 1.165) is 38.6 Å². The topological polar surface area (TPSA) is 72.8 Å². The molecule has 6 nitrogen and oxygen atoms in total. The molecule has 2 aromatic heterocycles. The zero-order chi connectivity index (χ0) is 21.3. The van der Waals surface area contributed by atoms with E-state index in [-0.39, 0.29) is 5.97 Å². The van der Waals surface area contributed by atoms with Crippen molar-refractivity contribution in [1.82, 2.24) is 14.3 Å². The summed E-state index contributed by atoms with van der Waals surface area (Å²) in [5.74, 6) is -0.359. The van der Waals surface area contributed by atoms with Crippen molar-refractivity contribution < 1.29 is 9.53 Å². The number of methoxy groups -OCH3 is 1. The van der Waals surface area contributed by atoms with Crippen molar-refractivity contribution in [3.05, 3.63) is 71.7 Å². The number of nitriles is 1. The molecule has 2 aromatic carbocycles. The minimum Gasteiger partial charge on any atom is -0.465 e. The van der Waals surface area contributed by atoms with E-state index in [4.69, 9.17) is 4.74 Å². The van der Waals surface area contributed by atoms with Crippen molar-refractivity contribution in [3.8, 4) is 11.8 Å². The van der Waals surface area contributed by atoms with Gasteiger partial charge in [0, 0.05) is 33.6 Å². The van der Waals surface area contributed by atoms with Crippen LogP contribution in [-0.4, -0.2) is 27.4 Å². The molecule has 4 aromatic rings. The maximum Gasteiger partial charge on any atom is 0.337 e. The minimum absolute atomic E-state index is 0.359. The monoisotopic (exact) mass is 416 g/mol. The quantitative estimate of drug-likeness (QED) is 0.430. The molecule has 0 amide bonds. The summed E-state index contributed by atoms with van der Waals surface area (Å²) in [5, 5.41) is 14.8. The third-order valence-corrected chi connectivity index (χ3v) is 6.16. The minimum atomic E-state index is -0.359. The molecule has 30 heavy (non-hydrogen) atoms. The van der Waals surface area contributed by atoms with Crippen LogP contribution in [0.4, 0.5) is 0 Å². The molecule has 0 atom stereocenters. The van der Waals surface area contributed by atoms with Crippen molar-refractivity contribution in [2.45, 2.75) is 30.2 Å². The molecular formula is C23H20N4O2S. The van der Waals surface area contributed by atoms with Crippen LogP contribution in [0, 0.1) is 18.3 Å². The lowest BCUT2D eigenvalue weighted by Gasteiger charge is -2.07. The summed E-state index contributed by atoms with van der Waals surface area (Å²) in [6, 6.07) is 15.3. The third kappa shape index (κ3) is 3.46. The van der Waals surface area contributed by atoms with Crippen LogP contribution in [0.15, 0.2) is 64.6 Å². The number of carbonyl (C=O) groups excluding carboxylic acids is 1. The van der Waals surface area contributed by atoms with Gasteiger partial charge in [-0.3, -0.25) is 4.68 Å². The van der Waals surface area contributed by atoms with Crippen LogP contribution in [0.2, 0.25) is 0 Å². The van der Waals surface area contributed by atoms with Crippen molar-refractivity contribution in [3.63, 3.8) is 0 Å². The lowest BCUT2D eigenvalue weighted by atomic mass is 10.2. The Balaban J connectivity index is 1.87. The van der Waals surface area contributed by atoms with E-state index in [9.17, 15) is 10.1 Å². The predicted molar refractivity (Wildman–Crippen MR) is 116 cm³/mol. The molecule has 0 saturated carbocycles. The second-order valence-corrected chi connectivity index (χ2v) is 7.85. The number of carbonyl (C=O) groups is 1. The Morgan fingerprint density at radius 2 is 2.10 bits per heavy atom. The first-order chi connectivity index (χ1) is 14.5. The van der Waals surface area contributed by atoms with Gasteiger partial charge in [0.25, 0.3) is 0 Å². The summed E-state index contributed by atoms with van der Waals surface area (Å²) in [6.45, 7) is 4.88. The van der Waals surface area contributed by atoms with Gasteiger partial charge >= 0.3 is 5.97 Å². The molecule has 0 fully saturated rings. The Morgan fingerprint density at radius 1 is 1.27 bits per heavy atom. The van der Waals surface area contributed by atoms with E-state index in [0.29, 0.717) is 11.1 Å². The van der Waals surface area contributed by atoms with E-state index in [1.54, 1.807) is 17.8 Å². The van der Waals surface area contributed by atoms with Crippen LogP contribution in [-0.2, 0) is 11.3 Å². The Morgan fingerprint density at radius 3 is 2.80 bits per heavy atom. The molecule has 0 bridgehead atoms. The van der Waals surface area contributed by atoms with E-state index in [1.807, 2.05) is 60.4 Å². The van der Waals surface area contributed by atoms with Gasteiger partial charge in [-0.2, -0.15) is 10.4 Å². The Bertz CT molecular complexity index is 1300. The van der Waals surface area contributed by atoms with Gasteiger partial charge in [-0.25, -0.2) is 4.79 Å². The molecule has 0 spiro atoms. The fourth-order valence-electron chi connectivity index (χ4n) is 3.48. The van der Waals surface area contributed by atoms with Crippen LogP contribution in [0.25, 0.3) is 16.6 Å². The number of ether oxygens (including phenoxy) is 1. The number of fused-ring (bicyclic) bond motifs is 1. The summed E-state index contributed by atoms with van der Waals surface area (Å²) in [4.78, 5) is 13.9. The van der Waals surface area contributed by atoms with Gasteiger partial charge in [-0.1, -0.05) is 23.9 Å². The first kappa shape index (κ1) is 19.8. The number of esters is 1.